The highest BCUT2D eigenvalue weighted by Gasteiger charge is 2.22. The lowest BCUT2D eigenvalue weighted by molar-refractivity contribution is -0.143. The van der Waals surface area contributed by atoms with E-state index >= 15 is 0 Å². The predicted octanol–water partition coefficient (Wildman–Crippen LogP) is 2.72. The van der Waals surface area contributed by atoms with Gasteiger partial charge in [-0.1, -0.05) is 32.0 Å². The van der Waals surface area contributed by atoms with Gasteiger partial charge in [-0.2, -0.15) is 0 Å². The molecular weight excluding hydrogens is 280 g/mol. The third kappa shape index (κ3) is 3.87. The predicted molar refractivity (Wildman–Crippen MR) is 85.6 cm³/mol. The molecule has 0 aliphatic carbocycles. The van der Waals surface area contributed by atoms with Crippen molar-refractivity contribution in [1.29, 1.82) is 0 Å². The van der Waals surface area contributed by atoms with Crippen LogP contribution in [0.15, 0.2) is 30.5 Å². The van der Waals surface area contributed by atoms with Gasteiger partial charge in [0.2, 0.25) is 5.91 Å². The summed E-state index contributed by atoms with van der Waals surface area (Å²) < 4.78 is 0. The minimum absolute atomic E-state index is 0.130. The van der Waals surface area contributed by atoms with Crippen LogP contribution in [0.2, 0.25) is 0 Å². The lowest BCUT2D eigenvalue weighted by Crippen LogP contribution is -2.44. The number of benzene rings is 1. The fraction of sp³-hybridized carbons (Fsp3) is 0.412. The Morgan fingerprint density at radius 3 is 2.68 bits per heavy atom. The first-order valence-electron chi connectivity index (χ1n) is 7.56. The second-order valence-corrected chi connectivity index (χ2v) is 5.84. The molecule has 0 aliphatic heterocycles. The summed E-state index contributed by atoms with van der Waals surface area (Å²) in [6.07, 6.45) is 3.78. The largest absolute Gasteiger partial charge is 0.480 e. The van der Waals surface area contributed by atoms with E-state index in [4.69, 9.17) is 5.11 Å². The monoisotopic (exact) mass is 302 g/mol. The van der Waals surface area contributed by atoms with Gasteiger partial charge < -0.3 is 15.4 Å². The van der Waals surface area contributed by atoms with Gasteiger partial charge in [-0.25, -0.2) is 4.79 Å². The molecular formula is C17H22N2O3. The Morgan fingerprint density at radius 1 is 1.27 bits per heavy atom. The number of rotatable bonds is 7. The fourth-order valence-corrected chi connectivity index (χ4v) is 2.54. The van der Waals surface area contributed by atoms with Crippen molar-refractivity contribution in [2.75, 3.05) is 0 Å². The molecule has 1 amide bonds. The number of hydrogen-bond donors (Lipinski definition) is 3. The SMILES string of the molecule is CC(C)C(NC(=O)CCCc1c[nH]c2ccccc12)C(=O)O. The molecule has 1 atom stereocenters. The van der Waals surface area contributed by atoms with Crippen molar-refractivity contribution in [2.45, 2.75) is 39.2 Å². The molecule has 3 N–H and O–H groups in total. The summed E-state index contributed by atoms with van der Waals surface area (Å²) in [5, 5.41) is 12.8. The number of hydrogen-bond acceptors (Lipinski definition) is 2. The Bertz CT molecular complexity index is 661. The molecule has 5 heteroatoms. The molecule has 1 aromatic heterocycles. The molecule has 118 valence electrons. The number of carboxylic acid groups (broad SMARTS) is 1. The van der Waals surface area contributed by atoms with Crippen molar-refractivity contribution in [3.05, 3.63) is 36.0 Å². The number of aromatic amines is 1. The summed E-state index contributed by atoms with van der Waals surface area (Å²) in [5.74, 6) is -1.32. The van der Waals surface area contributed by atoms with Crippen LogP contribution < -0.4 is 5.32 Å². The second kappa shape index (κ2) is 7.11. The molecule has 5 nitrogen and oxygen atoms in total. The fourth-order valence-electron chi connectivity index (χ4n) is 2.54. The van der Waals surface area contributed by atoms with Gasteiger partial charge in [0.05, 0.1) is 0 Å². The Labute approximate surface area is 129 Å². The van der Waals surface area contributed by atoms with Crippen LogP contribution in [0.25, 0.3) is 10.9 Å². The minimum atomic E-state index is -0.986. The first-order chi connectivity index (χ1) is 10.5. The van der Waals surface area contributed by atoms with Crippen molar-refractivity contribution in [3.63, 3.8) is 0 Å². The highest BCUT2D eigenvalue weighted by molar-refractivity contribution is 5.84. The van der Waals surface area contributed by atoms with Crippen LogP contribution in [-0.4, -0.2) is 28.0 Å². The number of para-hydroxylation sites is 1. The second-order valence-electron chi connectivity index (χ2n) is 5.84. The molecule has 1 unspecified atom stereocenters. The van der Waals surface area contributed by atoms with Crippen LogP contribution in [-0.2, 0) is 16.0 Å². The molecule has 0 bridgehead atoms. The number of nitrogens with one attached hydrogen (secondary N) is 2. The standard InChI is InChI=1S/C17H22N2O3/c1-11(2)16(17(21)22)19-15(20)9-5-6-12-10-18-14-8-4-3-7-13(12)14/h3-4,7-8,10-11,16,18H,5-6,9H2,1-2H3,(H,19,20)(H,21,22). The molecule has 1 heterocycles. The number of carbonyl (C=O) groups excluding carboxylic acids is 1. The topological polar surface area (TPSA) is 82.2 Å². The smallest absolute Gasteiger partial charge is 0.326 e. The van der Waals surface area contributed by atoms with Crippen LogP contribution >= 0.6 is 0 Å². The third-order valence-electron chi connectivity index (χ3n) is 3.77. The van der Waals surface area contributed by atoms with Crippen LogP contribution in [0.4, 0.5) is 0 Å². The first-order valence-corrected chi connectivity index (χ1v) is 7.56. The number of amides is 1. The average molecular weight is 302 g/mol. The van der Waals surface area contributed by atoms with Crippen LogP contribution in [0.1, 0.15) is 32.3 Å². The molecule has 0 saturated carbocycles. The van der Waals surface area contributed by atoms with Gasteiger partial charge in [0.15, 0.2) is 0 Å². The van der Waals surface area contributed by atoms with Gasteiger partial charge in [0.1, 0.15) is 6.04 Å². The summed E-state index contributed by atoms with van der Waals surface area (Å²) in [7, 11) is 0. The molecule has 22 heavy (non-hydrogen) atoms. The lowest BCUT2D eigenvalue weighted by Gasteiger charge is -2.17. The highest BCUT2D eigenvalue weighted by Crippen LogP contribution is 2.19. The molecule has 0 aliphatic rings. The maximum atomic E-state index is 11.9. The van der Waals surface area contributed by atoms with E-state index in [1.54, 1.807) is 13.8 Å². The Balaban J connectivity index is 1.85. The van der Waals surface area contributed by atoms with E-state index in [0.717, 1.165) is 11.9 Å². The van der Waals surface area contributed by atoms with Gasteiger partial charge in [-0.3, -0.25) is 4.79 Å². The summed E-state index contributed by atoms with van der Waals surface area (Å²) in [6, 6.07) is 7.23. The number of carboxylic acids is 1. The number of fused-ring (bicyclic) bond motifs is 1. The summed E-state index contributed by atoms with van der Waals surface area (Å²) in [5.41, 5.74) is 2.27. The number of H-pyrrole nitrogens is 1. The molecule has 0 spiro atoms. The number of aromatic nitrogens is 1. The van der Waals surface area contributed by atoms with E-state index in [9.17, 15) is 9.59 Å². The van der Waals surface area contributed by atoms with Crippen molar-refractivity contribution >= 4 is 22.8 Å². The quantitative estimate of drug-likeness (QED) is 0.735. The van der Waals surface area contributed by atoms with Gasteiger partial charge in [0.25, 0.3) is 0 Å². The van der Waals surface area contributed by atoms with Crippen LogP contribution in [0.3, 0.4) is 0 Å². The maximum absolute atomic E-state index is 11.9. The summed E-state index contributed by atoms with van der Waals surface area (Å²) in [6.45, 7) is 3.57. The zero-order valence-electron chi connectivity index (χ0n) is 12.9. The van der Waals surface area contributed by atoms with E-state index < -0.39 is 12.0 Å². The zero-order valence-corrected chi connectivity index (χ0v) is 12.9. The molecule has 0 saturated heterocycles. The maximum Gasteiger partial charge on any atom is 0.326 e. The van der Waals surface area contributed by atoms with Gasteiger partial charge in [-0.05, 0) is 30.4 Å². The Kier molecular flexibility index (Phi) is 5.20. The average Bonchev–Trinajstić information content (AvgIpc) is 2.88. The van der Waals surface area contributed by atoms with E-state index in [2.05, 4.69) is 16.4 Å². The molecule has 1 aromatic carbocycles. The molecule has 2 aromatic rings. The van der Waals surface area contributed by atoms with Gasteiger partial charge in [-0.15, -0.1) is 0 Å². The molecule has 0 fully saturated rings. The summed E-state index contributed by atoms with van der Waals surface area (Å²) >= 11 is 0. The van der Waals surface area contributed by atoms with Gasteiger partial charge in [0, 0.05) is 23.5 Å². The third-order valence-corrected chi connectivity index (χ3v) is 3.77. The Hall–Kier alpha value is -2.30. The van der Waals surface area contributed by atoms with Crippen molar-refractivity contribution in [1.82, 2.24) is 10.3 Å². The molecule has 0 radical (unpaired) electrons. The lowest BCUT2D eigenvalue weighted by atomic mass is 10.0. The van der Waals surface area contributed by atoms with Crippen molar-refractivity contribution in [2.24, 2.45) is 5.92 Å². The van der Waals surface area contributed by atoms with E-state index in [1.165, 1.54) is 10.9 Å². The van der Waals surface area contributed by atoms with E-state index in [-0.39, 0.29) is 11.8 Å². The Morgan fingerprint density at radius 2 is 2.00 bits per heavy atom. The van der Waals surface area contributed by atoms with E-state index in [0.29, 0.717) is 12.8 Å². The van der Waals surface area contributed by atoms with Crippen molar-refractivity contribution in [3.8, 4) is 0 Å². The number of carbonyl (C=O) groups is 2. The van der Waals surface area contributed by atoms with Gasteiger partial charge >= 0.3 is 5.97 Å². The van der Waals surface area contributed by atoms with Crippen LogP contribution in [0.5, 0.6) is 0 Å². The minimum Gasteiger partial charge on any atom is -0.480 e. The van der Waals surface area contributed by atoms with E-state index in [1.807, 2.05) is 24.4 Å². The molecule has 2 rings (SSSR count). The highest BCUT2D eigenvalue weighted by atomic mass is 16.4. The number of aryl methyl sites for hydroxylation is 1. The van der Waals surface area contributed by atoms with Crippen LogP contribution in [0, 0.1) is 5.92 Å². The zero-order chi connectivity index (χ0) is 16.1. The first kappa shape index (κ1) is 16.1. The van der Waals surface area contributed by atoms with Crippen molar-refractivity contribution < 1.29 is 14.7 Å². The summed E-state index contributed by atoms with van der Waals surface area (Å²) in [4.78, 5) is 26.1. The number of aliphatic carboxylic acids is 1. The normalized spacial score (nSPS) is 12.5.